The summed E-state index contributed by atoms with van der Waals surface area (Å²) in [6.45, 7) is 4.23. The van der Waals surface area contributed by atoms with Crippen molar-refractivity contribution in [2.24, 2.45) is 5.10 Å². The molecule has 1 aliphatic heterocycles. The summed E-state index contributed by atoms with van der Waals surface area (Å²) in [5.74, 6) is 0. The van der Waals surface area contributed by atoms with E-state index in [2.05, 4.69) is 31.6 Å². The summed E-state index contributed by atoms with van der Waals surface area (Å²) >= 11 is 4.33. The second kappa shape index (κ2) is 2.60. The van der Waals surface area contributed by atoms with E-state index in [-0.39, 0.29) is 0 Å². The standard InChI is InChI=1S/C6H12N2S/c1-5(2)8-6(9)3-4-7-8/h4-6,9H,3H2,1-2H3/t6-/m1/s1. The molecule has 0 N–H and O–H groups in total. The zero-order valence-corrected chi connectivity index (χ0v) is 6.68. The number of hydrazone groups is 1. The molecule has 0 fully saturated rings. The van der Waals surface area contributed by atoms with Crippen LogP contribution in [0, 0.1) is 0 Å². The first-order valence-electron chi connectivity index (χ1n) is 3.20. The van der Waals surface area contributed by atoms with E-state index in [1.54, 1.807) is 0 Å². The largest absolute Gasteiger partial charge is 0.282 e. The lowest BCUT2D eigenvalue weighted by Gasteiger charge is -2.23. The predicted molar refractivity (Wildman–Crippen MR) is 42.9 cm³/mol. The number of hydrogen-bond donors (Lipinski definition) is 1. The molecule has 3 heteroatoms. The van der Waals surface area contributed by atoms with Gasteiger partial charge in [0.15, 0.2) is 0 Å². The highest BCUT2D eigenvalue weighted by atomic mass is 32.1. The van der Waals surface area contributed by atoms with E-state index < -0.39 is 0 Å². The lowest BCUT2D eigenvalue weighted by Crippen LogP contribution is -2.28. The first-order valence-corrected chi connectivity index (χ1v) is 3.72. The predicted octanol–water partition coefficient (Wildman–Crippen LogP) is 1.34. The van der Waals surface area contributed by atoms with Crippen LogP contribution >= 0.6 is 12.6 Å². The van der Waals surface area contributed by atoms with E-state index in [9.17, 15) is 0 Å². The Morgan fingerprint density at radius 2 is 2.44 bits per heavy atom. The first-order chi connectivity index (χ1) is 4.22. The molecule has 0 bridgehead atoms. The maximum absolute atomic E-state index is 4.33. The molecule has 1 heterocycles. The molecule has 0 aromatic carbocycles. The van der Waals surface area contributed by atoms with Crippen molar-refractivity contribution in [3.63, 3.8) is 0 Å². The number of hydrogen-bond acceptors (Lipinski definition) is 3. The van der Waals surface area contributed by atoms with Crippen molar-refractivity contribution in [2.75, 3.05) is 0 Å². The van der Waals surface area contributed by atoms with Crippen LogP contribution < -0.4 is 0 Å². The van der Waals surface area contributed by atoms with Gasteiger partial charge in [0.1, 0.15) is 0 Å². The number of nitrogens with zero attached hydrogens (tertiary/aromatic N) is 2. The molecule has 0 amide bonds. The molecule has 0 aromatic rings. The number of rotatable bonds is 1. The molecular formula is C6H12N2S. The molecule has 1 rings (SSSR count). The van der Waals surface area contributed by atoms with Gasteiger partial charge in [-0.1, -0.05) is 0 Å². The van der Waals surface area contributed by atoms with Gasteiger partial charge in [0, 0.05) is 18.7 Å². The highest BCUT2D eigenvalue weighted by molar-refractivity contribution is 7.80. The summed E-state index contributed by atoms with van der Waals surface area (Å²) in [5, 5.41) is 6.46. The molecule has 9 heavy (non-hydrogen) atoms. The molecule has 2 nitrogen and oxygen atoms in total. The minimum Gasteiger partial charge on any atom is -0.282 e. The van der Waals surface area contributed by atoms with Gasteiger partial charge >= 0.3 is 0 Å². The maximum Gasteiger partial charge on any atom is 0.0946 e. The van der Waals surface area contributed by atoms with E-state index in [0.717, 1.165) is 6.42 Å². The minimum absolute atomic E-state index is 0.310. The average molecular weight is 144 g/mol. The molecule has 0 aliphatic carbocycles. The summed E-state index contributed by atoms with van der Waals surface area (Å²) in [5.41, 5.74) is 0. The Bertz CT molecular complexity index is 122. The Morgan fingerprint density at radius 3 is 2.67 bits per heavy atom. The van der Waals surface area contributed by atoms with Gasteiger partial charge in [-0.25, -0.2) is 0 Å². The van der Waals surface area contributed by atoms with Crippen molar-refractivity contribution < 1.29 is 0 Å². The van der Waals surface area contributed by atoms with Crippen LogP contribution in [-0.4, -0.2) is 22.6 Å². The van der Waals surface area contributed by atoms with Crippen LogP contribution in [0.25, 0.3) is 0 Å². The zero-order chi connectivity index (χ0) is 6.85. The van der Waals surface area contributed by atoms with Gasteiger partial charge in [0.05, 0.1) is 5.37 Å². The van der Waals surface area contributed by atoms with Crippen molar-refractivity contribution in [3.8, 4) is 0 Å². The third kappa shape index (κ3) is 1.39. The van der Waals surface area contributed by atoms with Crippen molar-refractivity contribution in [3.05, 3.63) is 0 Å². The van der Waals surface area contributed by atoms with Crippen LogP contribution in [0.2, 0.25) is 0 Å². The minimum atomic E-state index is 0.310. The van der Waals surface area contributed by atoms with E-state index in [1.165, 1.54) is 0 Å². The lowest BCUT2D eigenvalue weighted by molar-refractivity contribution is 0.239. The quantitative estimate of drug-likeness (QED) is 0.549. The molecule has 0 saturated heterocycles. The lowest BCUT2D eigenvalue weighted by atomic mass is 10.3. The van der Waals surface area contributed by atoms with Gasteiger partial charge in [0.2, 0.25) is 0 Å². The second-order valence-corrected chi connectivity index (χ2v) is 3.08. The van der Waals surface area contributed by atoms with E-state index in [0.29, 0.717) is 11.4 Å². The average Bonchev–Trinajstić information content (AvgIpc) is 2.13. The summed E-state index contributed by atoms with van der Waals surface area (Å²) in [6.07, 6.45) is 2.89. The smallest absolute Gasteiger partial charge is 0.0946 e. The third-order valence-corrected chi connectivity index (χ3v) is 1.81. The Morgan fingerprint density at radius 1 is 1.78 bits per heavy atom. The fraction of sp³-hybridized carbons (Fsp3) is 0.833. The van der Waals surface area contributed by atoms with Gasteiger partial charge in [-0.05, 0) is 13.8 Å². The van der Waals surface area contributed by atoms with Gasteiger partial charge < -0.3 is 0 Å². The van der Waals surface area contributed by atoms with E-state index in [1.807, 2.05) is 11.2 Å². The first kappa shape index (κ1) is 6.93. The highest BCUT2D eigenvalue weighted by Crippen LogP contribution is 2.16. The summed E-state index contributed by atoms with van der Waals surface area (Å²) in [6, 6.07) is 0.478. The topological polar surface area (TPSA) is 15.6 Å². The fourth-order valence-electron chi connectivity index (χ4n) is 0.898. The van der Waals surface area contributed by atoms with Crippen LogP contribution in [0.5, 0.6) is 0 Å². The normalized spacial score (nSPS) is 26.2. The van der Waals surface area contributed by atoms with Crippen molar-refractivity contribution in [2.45, 2.75) is 31.7 Å². The third-order valence-electron chi connectivity index (χ3n) is 1.37. The van der Waals surface area contributed by atoms with E-state index in [4.69, 9.17) is 0 Å². The van der Waals surface area contributed by atoms with Gasteiger partial charge in [-0.2, -0.15) is 17.7 Å². The fourth-order valence-corrected chi connectivity index (χ4v) is 1.32. The molecule has 1 atom stereocenters. The maximum atomic E-state index is 4.33. The SMILES string of the molecule is CC(C)N1N=CC[C@H]1S. The number of thiol groups is 1. The molecular weight excluding hydrogens is 132 g/mol. The summed E-state index contributed by atoms with van der Waals surface area (Å²) in [7, 11) is 0. The highest BCUT2D eigenvalue weighted by Gasteiger charge is 2.18. The van der Waals surface area contributed by atoms with Crippen molar-refractivity contribution >= 4 is 18.8 Å². The Labute approximate surface area is 61.3 Å². The zero-order valence-electron chi connectivity index (χ0n) is 5.78. The van der Waals surface area contributed by atoms with Crippen molar-refractivity contribution in [1.82, 2.24) is 5.01 Å². The van der Waals surface area contributed by atoms with Crippen molar-refractivity contribution in [1.29, 1.82) is 0 Å². The van der Waals surface area contributed by atoms with Crippen LogP contribution in [0.3, 0.4) is 0 Å². The monoisotopic (exact) mass is 144 g/mol. The van der Waals surface area contributed by atoms with Crippen LogP contribution in [-0.2, 0) is 0 Å². The molecule has 0 unspecified atom stereocenters. The second-order valence-electron chi connectivity index (χ2n) is 2.49. The van der Waals surface area contributed by atoms with Crippen LogP contribution in [0.4, 0.5) is 0 Å². The Balaban J connectivity index is 2.49. The molecule has 0 spiro atoms. The molecule has 0 radical (unpaired) electrons. The van der Waals surface area contributed by atoms with Gasteiger partial charge in [0.25, 0.3) is 0 Å². The molecule has 52 valence electrons. The van der Waals surface area contributed by atoms with Gasteiger partial charge in [-0.15, -0.1) is 0 Å². The van der Waals surface area contributed by atoms with E-state index >= 15 is 0 Å². The van der Waals surface area contributed by atoms with Crippen LogP contribution in [0.1, 0.15) is 20.3 Å². The summed E-state index contributed by atoms with van der Waals surface area (Å²) < 4.78 is 0. The summed E-state index contributed by atoms with van der Waals surface area (Å²) in [4.78, 5) is 0. The Hall–Kier alpha value is -0.180. The molecule has 1 aliphatic rings. The van der Waals surface area contributed by atoms with Gasteiger partial charge in [-0.3, -0.25) is 5.01 Å². The van der Waals surface area contributed by atoms with Crippen LogP contribution in [0.15, 0.2) is 5.10 Å². The molecule has 0 saturated carbocycles. The molecule has 0 aromatic heterocycles. The Kier molecular flexibility index (Phi) is 2.01.